The van der Waals surface area contributed by atoms with Gasteiger partial charge < -0.3 is 15.5 Å². The molecule has 1 atom stereocenters. The fourth-order valence-corrected chi connectivity index (χ4v) is 3.45. The maximum absolute atomic E-state index is 12.5. The molecule has 1 aromatic rings. The maximum Gasteiger partial charge on any atom is 0.225 e. The zero-order valence-corrected chi connectivity index (χ0v) is 14.3. The topological polar surface area (TPSA) is 61.4 Å². The molecule has 2 N–H and O–H groups in total. The Balaban J connectivity index is 1.42. The first-order valence-corrected chi connectivity index (χ1v) is 8.96. The van der Waals surface area contributed by atoms with Crippen LogP contribution in [0, 0.1) is 17.8 Å². The van der Waals surface area contributed by atoms with Crippen LogP contribution in [0.5, 0.6) is 0 Å². The van der Waals surface area contributed by atoms with E-state index in [9.17, 15) is 9.59 Å². The van der Waals surface area contributed by atoms with Crippen LogP contribution in [0.25, 0.3) is 0 Å². The number of nitrogens with one attached hydrogen (secondary N) is 2. The standard InChI is InChI=1S/C19H27N3O2/c1-14(17-12-20-13-17)19(24)22-9-7-16(8-10-22)18(23)21-11-15-5-3-2-4-6-15/h2-6,14,16-17,20H,7-13H2,1H3,(H,21,23). The summed E-state index contributed by atoms with van der Waals surface area (Å²) in [7, 11) is 0. The molecule has 0 radical (unpaired) electrons. The molecule has 2 fully saturated rings. The van der Waals surface area contributed by atoms with Gasteiger partial charge in [-0.25, -0.2) is 0 Å². The number of carbonyl (C=O) groups is 2. The predicted octanol–water partition coefficient (Wildman–Crippen LogP) is 1.40. The Bertz CT molecular complexity index is 563. The third kappa shape index (κ3) is 3.96. The lowest BCUT2D eigenvalue weighted by molar-refractivity contribution is -0.140. The number of carbonyl (C=O) groups excluding carboxylic acids is 2. The summed E-state index contributed by atoms with van der Waals surface area (Å²) < 4.78 is 0. The fraction of sp³-hybridized carbons (Fsp3) is 0.579. The van der Waals surface area contributed by atoms with Crippen LogP contribution >= 0.6 is 0 Å². The van der Waals surface area contributed by atoms with Crippen molar-refractivity contribution < 1.29 is 9.59 Å². The van der Waals surface area contributed by atoms with Gasteiger partial charge in [-0.15, -0.1) is 0 Å². The molecule has 5 nitrogen and oxygen atoms in total. The molecule has 2 heterocycles. The van der Waals surface area contributed by atoms with Crippen molar-refractivity contribution >= 4 is 11.8 Å². The second-order valence-electron chi connectivity index (χ2n) is 7.01. The second kappa shape index (κ2) is 7.79. The van der Waals surface area contributed by atoms with Crippen LogP contribution in [0.2, 0.25) is 0 Å². The number of rotatable bonds is 5. The quantitative estimate of drug-likeness (QED) is 0.858. The Morgan fingerprint density at radius 1 is 1.21 bits per heavy atom. The first-order chi connectivity index (χ1) is 11.6. The van der Waals surface area contributed by atoms with Crippen molar-refractivity contribution in [1.29, 1.82) is 0 Å². The summed E-state index contributed by atoms with van der Waals surface area (Å²) in [5, 5.41) is 6.25. The number of likely N-dealkylation sites (tertiary alicyclic amines) is 1. The third-order valence-corrected chi connectivity index (χ3v) is 5.40. The Labute approximate surface area is 143 Å². The predicted molar refractivity (Wildman–Crippen MR) is 93.1 cm³/mol. The molecule has 0 bridgehead atoms. The van der Waals surface area contributed by atoms with Crippen molar-refractivity contribution in [2.45, 2.75) is 26.3 Å². The van der Waals surface area contributed by atoms with Gasteiger partial charge in [-0.05, 0) is 37.4 Å². The van der Waals surface area contributed by atoms with Gasteiger partial charge in [0.05, 0.1) is 0 Å². The summed E-state index contributed by atoms with van der Waals surface area (Å²) in [6.45, 7) is 5.91. The minimum absolute atomic E-state index is 0.0263. The minimum atomic E-state index is 0.0263. The van der Waals surface area contributed by atoms with E-state index in [0.29, 0.717) is 25.6 Å². The molecule has 2 aliphatic heterocycles. The summed E-state index contributed by atoms with van der Waals surface area (Å²) >= 11 is 0. The lowest BCUT2D eigenvalue weighted by atomic mass is 9.87. The van der Waals surface area contributed by atoms with E-state index in [0.717, 1.165) is 31.5 Å². The molecular weight excluding hydrogens is 302 g/mol. The highest BCUT2D eigenvalue weighted by molar-refractivity contribution is 5.81. The minimum Gasteiger partial charge on any atom is -0.352 e. The van der Waals surface area contributed by atoms with Gasteiger partial charge in [-0.3, -0.25) is 9.59 Å². The summed E-state index contributed by atoms with van der Waals surface area (Å²) in [6.07, 6.45) is 1.53. The number of benzene rings is 1. The van der Waals surface area contributed by atoms with Gasteiger partial charge in [0.2, 0.25) is 11.8 Å². The van der Waals surface area contributed by atoms with E-state index in [-0.39, 0.29) is 23.7 Å². The zero-order chi connectivity index (χ0) is 16.9. The number of piperidine rings is 1. The van der Waals surface area contributed by atoms with E-state index >= 15 is 0 Å². The van der Waals surface area contributed by atoms with Crippen LogP contribution in [-0.4, -0.2) is 42.9 Å². The van der Waals surface area contributed by atoms with Gasteiger partial charge in [0.15, 0.2) is 0 Å². The van der Waals surface area contributed by atoms with Gasteiger partial charge in [0.25, 0.3) is 0 Å². The molecule has 5 heteroatoms. The number of nitrogens with zero attached hydrogens (tertiary/aromatic N) is 1. The summed E-state index contributed by atoms with van der Waals surface area (Å²) in [4.78, 5) is 26.8. The second-order valence-corrected chi connectivity index (χ2v) is 7.01. The molecule has 2 aliphatic rings. The average molecular weight is 329 g/mol. The lowest BCUT2D eigenvalue weighted by Crippen LogP contribution is -2.52. The first kappa shape index (κ1) is 17.0. The highest BCUT2D eigenvalue weighted by Crippen LogP contribution is 2.23. The van der Waals surface area contributed by atoms with E-state index in [2.05, 4.69) is 10.6 Å². The van der Waals surface area contributed by atoms with Crippen LogP contribution in [0.3, 0.4) is 0 Å². The molecular formula is C19H27N3O2. The molecule has 2 amide bonds. The van der Waals surface area contributed by atoms with Crippen LogP contribution in [-0.2, 0) is 16.1 Å². The lowest BCUT2D eigenvalue weighted by Gasteiger charge is -2.37. The Kier molecular flexibility index (Phi) is 5.51. The molecule has 2 saturated heterocycles. The monoisotopic (exact) mass is 329 g/mol. The van der Waals surface area contributed by atoms with E-state index in [1.54, 1.807) is 0 Å². The van der Waals surface area contributed by atoms with Crippen molar-refractivity contribution in [3.63, 3.8) is 0 Å². The van der Waals surface area contributed by atoms with E-state index in [1.165, 1.54) is 0 Å². The molecule has 1 aromatic carbocycles. The third-order valence-electron chi connectivity index (χ3n) is 5.40. The van der Waals surface area contributed by atoms with E-state index < -0.39 is 0 Å². The molecule has 0 spiro atoms. The first-order valence-electron chi connectivity index (χ1n) is 8.96. The van der Waals surface area contributed by atoms with Gasteiger partial charge >= 0.3 is 0 Å². The van der Waals surface area contributed by atoms with Crippen molar-refractivity contribution in [2.75, 3.05) is 26.2 Å². The number of hydrogen-bond acceptors (Lipinski definition) is 3. The Hall–Kier alpha value is -1.88. The molecule has 130 valence electrons. The van der Waals surface area contributed by atoms with Gasteiger partial charge in [0, 0.05) is 31.5 Å². The Morgan fingerprint density at radius 2 is 1.88 bits per heavy atom. The fourth-order valence-electron chi connectivity index (χ4n) is 3.45. The van der Waals surface area contributed by atoms with Gasteiger partial charge in [-0.1, -0.05) is 37.3 Å². The highest BCUT2D eigenvalue weighted by Gasteiger charge is 2.34. The van der Waals surface area contributed by atoms with Gasteiger partial charge in [0.1, 0.15) is 0 Å². The summed E-state index contributed by atoms with van der Waals surface area (Å²) in [5.74, 6) is 0.962. The number of hydrogen-bond donors (Lipinski definition) is 2. The molecule has 3 rings (SSSR count). The molecule has 0 saturated carbocycles. The summed E-state index contributed by atoms with van der Waals surface area (Å²) in [5.41, 5.74) is 1.11. The zero-order valence-electron chi connectivity index (χ0n) is 14.3. The van der Waals surface area contributed by atoms with Crippen molar-refractivity contribution in [2.24, 2.45) is 17.8 Å². The normalized spacial score (nSPS) is 20.3. The molecule has 0 aromatic heterocycles. The van der Waals surface area contributed by atoms with Crippen LogP contribution in [0.4, 0.5) is 0 Å². The summed E-state index contributed by atoms with van der Waals surface area (Å²) in [6, 6.07) is 9.95. The molecule has 0 aliphatic carbocycles. The molecule has 1 unspecified atom stereocenters. The van der Waals surface area contributed by atoms with E-state index in [4.69, 9.17) is 0 Å². The van der Waals surface area contributed by atoms with Crippen LogP contribution < -0.4 is 10.6 Å². The smallest absolute Gasteiger partial charge is 0.225 e. The molecule has 24 heavy (non-hydrogen) atoms. The van der Waals surface area contributed by atoms with Crippen LogP contribution in [0.15, 0.2) is 30.3 Å². The maximum atomic E-state index is 12.5. The van der Waals surface area contributed by atoms with Crippen molar-refractivity contribution in [3.8, 4) is 0 Å². The largest absolute Gasteiger partial charge is 0.352 e. The van der Waals surface area contributed by atoms with Crippen LogP contribution in [0.1, 0.15) is 25.3 Å². The highest BCUT2D eigenvalue weighted by atomic mass is 16.2. The van der Waals surface area contributed by atoms with Gasteiger partial charge in [-0.2, -0.15) is 0 Å². The van der Waals surface area contributed by atoms with Crippen molar-refractivity contribution in [3.05, 3.63) is 35.9 Å². The SMILES string of the molecule is CC(C(=O)N1CCC(C(=O)NCc2ccccc2)CC1)C1CNC1. The Morgan fingerprint density at radius 3 is 2.46 bits per heavy atom. The average Bonchev–Trinajstić information content (AvgIpc) is 2.58. The van der Waals surface area contributed by atoms with E-state index in [1.807, 2.05) is 42.2 Å². The van der Waals surface area contributed by atoms with Crippen molar-refractivity contribution in [1.82, 2.24) is 15.5 Å². The number of amides is 2.